The summed E-state index contributed by atoms with van der Waals surface area (Å²) >= 11 is 0. The predicted octanol–water partition coefficient (Wildman–Crippen LogP) is 2.88. The van der Waals surface area contributed by atoms with Crippen molar-refractivity contribution >= 4 is 23.5 Å². The number of hydrogen-bond acceptors (Lipinski definition) is 3. The number of benzene rings is 2. The Bertz CT molecular complexity index is 1080. The van der Waals surface area contributed by atoms with Crippen molar-refractivity contribution in [2.24, 2.45) is 0 Å². The monoisotopic (exact) mass is 411 g/mol. The molecule has 0 saturated carbocycles. The quantitative estimate of drug-likeness (QED) is 0.453. The third-order valence-electron chi connectivity index (χ3n) is 4.79. The smallest absolute Gasteiger partial charge is 0.323 e. The van der Waals surface area contributed by atoms with Crippen LogP contribution in [-0.4, -0.2) is 22.7 Å². The molecular weight excluding hydrogens is 401 g/mol. The summed E-state index contributed by atoms with van der Waals surface area (Å²) in [4.78, 5) is 38.2. The number of nitrogens with zero attached hydrogens (tertiary/aromatic N) is 1. The van der Waals surface area contributed by atoms with Gasteiger partial charge in [0, 0.05) is 16.8 Å². The highest BCUT2D eigenvalue weighted by Crippen LogP contribution is 2.41. The van der Waals surface area contributed by atoms with Gasteiger partial charge in [0.2, 0.25) is 5.54 Å². The second-order valence-corrected chi connectivity index (χ2v) is 6.52. The number of anilines is 1. The Hall–Kier alpha value is -3.50. The van der Waals surface area contributed by atoms with E-state index in [2.05, 4.69) is 10.6 Å². The number of halogens is 5. The minimum Gasteiger partial charge on any atom is -0.323 e. The van der Waals surface area contributed by atoms with Crippen molar-refractivity contribution in [3.8, 4) is 0 Å². The molecule has 2 aromatic rings. The highest BCUT2D eigenvalue weighted by molar-refractivity contribution is 6.26. The number of urea groups is 1. The fourth-order valence-corrected chi connectivity index (χ4v) is 3.35. The van der Waals surface area contributed by atoms with Crippen LogP contribution in [0.5, 0.6) is 0 Å². The molecule has 2 heterocycles. The zero-order valence-electron chi connectivity index (χ0n) is 14.2. The minimum absolute atomic E-state index is 0.115. The number of rotatable bonds is 2. The number of alkyl halides is 3. The molecule has 0 bridgehead atoms. The first-order valence-electron chi connectivity index (χ1n) is 8.15. The molecular formula is C18H10F5N3O3. The SMILES string of the molecule is O=C1NC2(C(=O)Nc3ccc(F)cc32)C(=O)N1Cc1ccc(C(F)(F)F)cc1F. The summed E-state index contributed by atoms with van der Waals surface area (Å²) in [6.45, 7) is -0.714. The first-order valence-corrected chi connectivity index (χ1v) is 8.15. The number of carbonyl (C=O) groups excluding carboxylic acids is 3. The van der Waals surface area contributed by atoms with Crippen LogP contribution in [0.3, 0.4) is 0 Å². The molecule has 4 amide bonds. The maximum atomic E-state index is 14.1. The van der Waals surface area contributed by atoms with Crippen molar-refractivity contribution in [3.05, 3.63) is 64.7 Å². The van der Waals surface area contributed by atoms with Gasteiger partial charge in [-0.05, 0) is 30.3 Å². The van der Waals surface area contributed by atoms with Crippen molar-refractivity contribution in [2.75, 3.05) is 5.32 Å². The van der Waals surface area contributed by atoms with Crippen LogP contribution in [0.2, 0.25) is 0 Å². The first-order chi connectivity index (χ1) is 13.5. The normalized spacial score (nSPS) is 20.9. The zero-order valence-corrected chi connectivity index (χ0v) is 14.2. The van der Waals surface area contributed by atoms with Gasteiger partial charge in [0.15, 0.2) is 0 Å². The first kappa shape index (κ1) is 18.8. The fraction of sp³-hybridized carbons (Fsp3) is 0.167. The minimum atomic E-state index is -4.76. The van der Waals surface area contributed by atoms with Crippen molar-refractivity contribution in [3.63, 3.8) is 0 Å². The highest BCUT2D eigenvalue weighted by Gasteiger charge is 2.61. The van der Waals surface area contributed by atoms with Crippen LogP contribution in [0.1, 0.15) is 16.7 Å². The van der Waals surface area contributed by atoms with Gasteiger partial charge in [-0.1, -0.05) is 6.07 Å². The molecule has 1 spiro atoms. The Morgan fingerprint density at radius 3 is 2.38 bits per heavy atom. The predicted molar refractivity (Wildman–Crippen MR) is 87.2 cm³/mol. The molecule has 2 aliphatic heterocycles. The van der Waals surface area contributed by atoms with Crippen molar-refractivity contribution < 1.29 is 36.3 Å². The Morgan fingerprint density at radius 1 is 1.00 bits per heavy atom. The summed E-state index contributed by atoms with van der Waals surface area (Å²) in [6.07, 6.45) is -4.76. The molecule has 29 heavy (non-hydrogen) atoms. The molecule has 2 aromatic carbocycles. The Kier molecular flexibility index (Phi) is 3.90. The molecule has 150 valence electrons. The molecule has 0 aromatic heterocycles. The van der Waals surface area contributed by atoms with Gasteiger partial charge in [-0.25, -0.2) is 13.6 Å². The van der Waals surface area contributed by atoms with Gasteiger partial charge in [-0.2, -0.15) is 13.2 Å². The van der Waals surface area contributed by atoms with Crippen molar-refractivity contribution in [2.45, 2.75) is 18.3 Å². The van der Waals surface area contributed by atoms with E-state index < -0.39 is 53.3 Å². The van der Waals surface area contributed by atoms with Crippen LogP contribution in [0, 0.1) is 11.6 Å². The van der Waals surface area contributed by atoms with E-state index in [4.69, 9.17) is 0 Å². The van der Waals surface area contributed by atoms with Gasteiger partial charge < -0.3 is 10.6 Å². The fourth-order valence-electron chi connectivity index (χ4n) is 3.35. The van der Waals surface area contributed by atoms with E-state index in [0.29, 0.717) is 11.0 Å². The molecule has 2 N–H and O–H groups in total. The van der Waals surface area contributed by atoms with Crippen LogP contribution >= 0.6 is 0 Å². The zero-order chi connectivity index (χ0) is 21.1. The number of fused-ring (bicyclic) bond motifs is 2. The highest BCUT2D eigenvalue weighted by atomic mass is 19.4. The summed E-state index contributed by atoms with van der Waals surface area (Å²) in [7, 11) is 0. The molecule has 0 radical (unpaired) electrons. The van der Waals surface area contributed by atoms with Gasteiger partial charge in [-0.3, -0.25) is 14.5 Å². The second kappa shape index (κ2) is 6.00. The molecule has 1 fully saturated rings. The Labute approximate surface area is 159 Å². The topological polar surface area (TPSA) is 78.5 Å². The van der Waals surface area contributed by atoms with E-state index in [1.807, 2.05) is 0 Å². The lowest BCUT2D eigenvalue weighted by Crippen LogP contribution is -2.49. The van der Waals surface area contributed by atoms with E-state index in [1.54, 1.807) is 0 Å². The van der Waals surface area contributed by atoms with E-state index in [1.165, 1.54) is 6.07 Å². The summed E-state index contributed by atoms with van der Waals surface area (Å²) in [5.74, 6) is -4.05. The maximum absolute atomic E-state index is 14.1. The van der Waals surface area contributed by atoms with Crippen LogP contribution in [0.15, 0.2) is 36.4 Å². The van der Waals surface area contributed by atoms with Crippen LogP contribution in [0.25, 0.3) is 0 Å². The molecule has 4 rings (SSSR count). The molecule has 2 aliphatic rings. The molecule has 1 atom stereocenters. The molecule has 1 saturated heterocycles. The van der Waals surface area contributed by atoms with E-state index in [0.717, 1.165) is 18.2 Å². The van der Waals surface area contributed by atoms with E-state index in [-0.39, 0.29) is 22.9 Å². The summed E-state index contributed by atoms with van der Waals surface area (Å²) in [5, 5.41) is 4.56. The molecule has 1 unspecified atom stereocenters. The maximum Gasteiger partial charge on any atom is 0.416 e. The van der Waals surface area contributed by atoms with Gasteiger partial charge >= 0.3 is 12.2 Å². The Balaban J connectivity index is 1.69. The molecule has 6 nitrogen and oxygen atoms in total. The van der Waals surface area contributed by atoms with Gasteiger partial charge in [0.1, 0.15) is 11.6 Å². The molecule has 11 heteroatoms. The number of hydrogen-bond donors (Lipinski definition) is 2. The number of carbonyl (C=O) groups is 3. The Morgan fingerprint density at radius 2 is 1.72 bits per heavy atom. The van der Waals surface area contributed by atoms with Crippen molar-refractivity contribution in [1.29, 1.82) is 0 Å². The standard InChI is InChI=1S/C18H10F5N3O3/c19-10-3-4-13-11(6-10)17(14(27)24-13)15(28)26(16(29)25-17)7-8-1-2-9(5-12(8)20)18(21,22)23/h1-6H,7H2,(H,24,27)(H,25,29). The summed E-state index contributed by atoms with van der Waals surface area (Å²) < 4.78 is 65.8. The summed E-state index contributed by atoms with van der Waals surface area (Å²) in [5.41, 5.74) is -3.82. The van der Waals surface area contributed by atoms with Crippen LogP contribution in [0.4, 0.5) is 32.4 Å². The van der Waals surface area contributed by atoms with E-state index in [9.17, 15) is 36.3 Å². The van der Waals surface area contributed by atoms with Gasteiger partial charge in [0.25, 0.3) is 11.8 Å². The third kappa shape index (κ3) is 2.72. The van der Waals surface area contributed by atoms with Gasteiger partial charge in [0.05, 0.1) is 12.1 Å². The third-order valence-corrected chi connectivity index (χ3v) is 4.79. The lowest BCUT2D eigenvalue weighted by Gasteiger charge is -2.19. The number of nitrogens with one attached hydrogen (secondary N) is 2. The second-order valence-electron chi connectivity index (χ2n) is 6.52. The van der Waals surface area contributed by atoms with Crippen molar-refractivity contribution in [1.82, 2.24) is 10.2 Å². The summed E-state index contributed by atoms with van der Waals surface area (Å²) in [6, 6.07) is 3.76. The lowest BCUT2D eigenvalue weighted by atomic mass is 9.91. The van der Waals surface area contributed by atoms with Crippen LogP contribution < -0.4 is 10.6 Å². The molecule has 0 aliphatic carbocycles. The van der Waals surface area contributed by atoms with E-state index >= 15 is 0 Å². The van der Waals surface area contributed by atoms with Crippen LogP contribution in [-0.2, 0) is 27.8 Å². The average Bonchev–Trinajstić information content (AvgIpc) is 3.05. The number of imide groups is 1. The average molecular weight is 411 g/mol. The number of amides is 4. The van der Waals surface area contributed by atoms with Gasteiger partial charge in [-0.15, -0.1) is 0 Å². The lowest BCUT2D eigenvalue weighted by molar-refractivity contribution is -0.139. The largest absolute Gasteiger partial charge is 0.416 e.